The Morgan fingerprint density at radius 1 is 0.703 bits per heavy atom. The van der Waals surface area contributed by atoms with Crippen LogP contribution in [0.15, 0.2) is 138 Å². The summed E-state index contributed by atoms with van der Waals surface area (Å²) in [5, 5.41) is 3.05. The predicted octanol–water partition coefficient (Wildman–Crippen LogP) is 17.7. The first-order chi connectivity index (χ1) is 30.6. The van der Waals surface area contributed by atoms with Crippen molar-refractivity contribution in [3.05, 3.63) is 171 Å². The number of ketones is 2. The molecule has 0 saturated heterocycles. The van der Waals surface area contributed by atoms with Gasteiger partial charge >= 0.3 is 0 Å². The van der Waals surface area contributed by atoms with Crippen molar-refractivity contribution in [3.8, 4) is 0 Å². The molecule has 5 atom stereocenters. The first-order valence-electron chi connectivity index (χ1n) is 24.7. The van der Waals surface area contributed by atoms with Gasteiger partial charge in [-0.25, -0.2) is 0 Å². The number of fused-ring (bicyclic) bond motifs is 1. The lowest BCUT2D eigenvalue weighted by Gasteiger charge is -2.24. The Morgan fingerprint density at radius 3 is 2.00 bits per heavy atom. The van der Waals surface area contributed by atoms with Gasteiger partial charge in [0.2, 0.25) is 5.78 Å². The van der Waals surface area contributed by atoms with E-state index in [1.165, 1.54) is 93.4 Å². The molecule has 346 valence electrons. The van der Waals surface area contributed by atoms with Gasteiger partial charge in [0.05, 0.1) is 5.70 Å². The van der Waals surface area contributed by atoms with Gasteiger partial charge in [0.15, 0.2) is 5.78 Å². The fraction of sp³-hybridized carbons (Fsp3) is 0.475. The maximum atomic E-state index is 12.5. The lowest BCUT2D eigenvalue weighted by molar-refractivity contribution is 0.0985. The molecule has 0 saturated carbocycles. The molecule has 0 aromatic heterocycles. The van der Waals surface area contributed by atoms with Crippen LogP contribution in [0.1, 0.15) is 176 Å². The molecule has 3 aromatic carbocycles. The summed E-state index contributed by atoms with van der Waals surface area (Å²) in [6, 6.07) is 21.6. The molecule has 0 amide bonds. The number of rotatable bonds is 9. The summed E-state index contributed by atoms with van der Waals surface area (Å²) < 4.78 is 0. The summed E-state index contributed by atoms with van der Waals surface area (Å²) in [7, 11) is 0. The third-order valence-electron chi connectivity index (χ3n) is 12.7. The molecular formula is C61H85NO2. The average molecular weight is 864 g/mol. The van der Waals surface area contributed by atoms with E-state index in [4.69, 9.17) is 0 Å². The molecule has 4 aliphatic carbocycles. The van der Waals surface area contributed by atoms with Crippen molar-refractivity contribution in [3.63, 3.8) is 0 Å². The lowest BCUT2D eigenvalue weighted by atomic mass is 9.82. The molecule has 3 heteroatoms. The van der Waals surface area contributed by atoms with Crippen LogP contribution in [0.2, 0.25) is 0 Å². The Morgan fingerprint density at radius 2 is 1.39 bits per heavy atom. The van der Waals surface area contributed by atoms with Crippen LogP contribution in [0.5, 0.6) is 0 Å². The van der Waals surface area contributed by atoms with Gasteiger partial charge in [0, 0.05) is 22.9 Å². The highest BCUT2D eigenvalue weighted by atomic mass is 16.1. The summed E-state index contributed by atoms with van der Waals surface area (Å²) in [6.45, 7) is 26.3. The molecule has 1 N–H and O–H groups in total. The van der Waals surface area contributed by atoms with Crippen LogP contribution in [0.3, 0.4) is 0 Å². The Labute approximate surface area is 391 Å². The minimum atomic E-state index is -0.147. The van der Waals surface area contributed by atoms with E-state index in [2.05, 4.69) is 141 Å². The average Bonchev–Trinajstić information content (AvgIpc) is 3.25. The maximum absolute atomic E-state index is 12.5. The van der Waals surface area contributed by atoms with Crippen LogP contribution in [0, 0.1) is 50.4 Å². The van der Waals surface area contributed by atoms with E-state index in [9.17, 15) is 9.59 Å². The van der Waals surface area contributed by atoms with Gasteiger partial charge in [-0.2, -0.15) is 0 Å². The fourth-order valence-corrected chi connectivity index (χ4v) is 9.06. The van der Waals surface area contributed by atoms with Crippen molar-refractivity contribution in [1.29, 1.82) is 0 Å². The largest absolute Gasteiger partial charge is 0.352 e. The van der Waals surface area contributed by atoms with Gasteiger partial charge in [-0.3, -0.25) is 9.59 Å². The zero-order chi connectivity index (χ0) is 47.0. The molecule has 64 heavy (non-hydrogen) atoms. The van der Waals surface area contributed by atoms with Crippen LogP contribution in [0.25, 0.3) is 0 Å². The molecule has 5 unspecified atom stereocenters. The van der Waals surface area contributed by atoms with Gasteiger partial charge in [0.1, 0.15) is 0 Å². The second-order valence-corrected chi connectivity index (χ2v) is 19.3. The SMILES string of the molecule is C/C=C/C1=CCC(C)CC1.C/C=C/Cc1cccc(C)c1.CCCC1C=C(C)C(C)CC1.CCCC1C=C(C)CC(C)C1.Cc1cccc(NC2=CC(=O)c3cc(C)ccc3C2=O)c1. The number of hydrogen-bond donors (Lipinski definition) is 1. The van der Waals surface area contributed by atoms with Crippen molar-refractivity contribution in [2.45, 2.75) is 160 Å². The van der Waals surface area contributed by atoms with Gasteiger partial charge in [0.25, 0.3) is 0 Å². The van der Waals surface area contributed by atoms with Crippen molar-refractivity contribution >= 4 is 17.3 Å². The predicted molar refractivity (Wildman–Crippen MR) is 279 cm³/mol. The second-order valence-electron chi connectivity index (χ2n) is 19.3. The Bertz CT molecular complexity index is 2100. The summed E-state index contributed by atoms with van der Waals surface area (Å²) >= 11 is 0. The Hall–Kier alpha value is -4.76. The van der Waals surface area contributed by atoms with Crippen LogP contribution < -0.4 is 5.32 Å². The fourth-order valence-electron chi connectivity index (χ4n) is 9.06. The van der Waals surface area contributed by atoms with Crippen molar-refractivity contribution in [2.24, 2.45) is 29.6 Å². The Kier molecular flexibility index (Phi) is 24.2. The number of nitrogens with one attached hydrogen (secondary N) is 1. The number of anilines is 1. The van der Waals surface area contributed by atoms with E-state index >= 15 is 0 Å². The minimum absolute atomic E-state index is 0.136. The lowest BCUT2D eigenvalue weighted by Crippen LogP contribution is -2.21. The summed E-state index contributed by atoms with van der Waals surface area (Å²) in [4.78, 5) is 24.7. The number of carbonyl (C=O) groups excluding carboxylic acids is 2. The minimum Gasteiger partial charge on any atom is -0.352 e. The number of carbonyl (C=O) groups is 2. The summed E-state index contributed by atoms with van der Waals surface area (Å²) in [5.41, 5.74) is 11.6. The molecule has 7 rings (SSSR count). The monoisotopic (exact) mass is 864 g/mol. The van der Waals surface area contributed by atoms with Crippen LogP contribution in [-0.2, 0) is 6.42 Å². The molecule has 0 aliphatic heterocycles. The number of allylic oxidation sites excluding steroid dienone is 12. The van der Waals surface area contributed by atoms with Gasteiger partial charge in [-0.1, -0.05) is 160 Å². The highest BCUT2D eigenvalue weighted by Crippen LogP contribution is 2.31. The smallest absolute Gasteiger partial charge is 0.210 e. The number of Topliss-reactive ketones (excluding diaryl/α,β-unsaturated/α-hetero) is 1. The highest BCUT2D eigenvalue weighted by molar-refractivity contribution is 6.25. The van der Waals surface area contributed by atoms with E-state index in [-0.39, 0.29) is 11.6 Å². The zero-order valence-corrected chi connectivity index (χ0v) is 42.2. The molecule has 0 heterocycles. The summed E-state index contributed by atoms with van der Waals surface area (Å²) in [6.07, 6.45) is 33.4. The van der Waals surface area contributed by atoms with E-state index in [1.54, 1.807) is 23.3 Å². The molecule has 0 bridgehead atoms. The molecule has 3 aromatic rings. The van der Waals surface area contributed by atoms with E-state index in [0.29, 0.717) is 16.8 Å². The van der Waals surface area contributed by atoms with Crippen LogP contribution in [-0.4, -0.2) is 11.6 Å². The van der Waals surface area contributed by atoms with Gasteiger partial charge < -0.3 is 5.32 Å². The number of aryl methyl sites for hydroxylation is 3. The van der Waals surface area contributed by atoms with E-state index in [0.717, 1.165) is 52.8 Å². The molecular weight excluding hydrogens is 779 g/mol. The highest BCUT2D eigenvalue weighted by Gasteiger charge is 2.25. The third kappa shape index (κ3) is 19.5. The standard InChI is InChI=1S/C18H15NO2.2C11H20.C11H14.C10H16/c1-11-4-3-5-13(8-11)19-16-10-17(20)15-9-12(2)6-7-14(15)18(16)21;1-4-5-11-7-9(2)6-10(3)8-11;1-4-5-11-7-6-9(2)10(3)8-11;1-3-4-7-11-8-5-6-10(2)9-11;1-3-4-10-7-5-9(2)6-8-10/h3-10,19H,1-2H3;7,10-11H,4-6,8H2,1-3H3;8-9,11H,4-7H2,1-3H3;3-6,8-9H,7H2,1-2H3;3-4,7,9H,5-6,8H2,1-2H3/b;;;2*4-3+. The molecule has 3 nitrogen and oxygen atoms in total. The summed E-state index contributed by atoms with van der Waals surface area (Å²) in [5.74, 6) is 4.20. The molecule has 0 fully saturated rings. The van der Waals surface area contributed by atoms with E-state index < -0.39 is 0 Å². The number of benzene rings is 3. The second kappa shape index (κ2) is 28.9. The Balaban J connectivity index is 0.000000222. The first kappa shape index (κ1) is 53.6. The molecule has 0 spiro atoms. The van der Waals surface area contributed by atoms with Crippen LogP contribution in [0.4, 0.5) is 5.69 Å². The van der Waals surface area contributed by atoms with Gasteiger partial charge in [-0.15, -0.1) is 0 Å². The van der Waals surface area contributed by atoms with Gasteiger partial charge in [-0.05, 0) is 178 Å². The first-order valence-corrected chi connectivity index (χ1v) is 24.7. The molecule has 4 aliphatic rings. The quantitative estimate of drug-likeness (QED) is 0.218. The molecule has 0 radical (unpaired) electrons. The zero-order valence-electron chi connectivity index (χ0n) is 42.2. The topological polar surface area (TPSA) is 46.2 Å². The third-order valence-corrected chi connectivity index (χ3v) is 12.7. The van der Waals surface area contributed by atoms with Crippen LogP contribution >= 0.6 is 0 Å². The van der Waals surface area contributed by atoms with E-state index in [1.807, 2.05) is 44.2 Å². The maximum Gasteiger partial charge on any atom is 0.210 e. The van der Waals surface area contributed by atoms with Crippen molar-refractivity contribution in [1.82, 2.24) is 0 Å². The van der Waals surface area contributed by atoms with Crippen molar-refractivity contribution < 1.29 is 9.59 Å². The van der Waals surface area contributed by atoms with Crippen molar-refractivity contribution in [2.75, 3.05) is 5.32 Å². The number of hydrogen-bond acceptors (Lipinski definition) is 3. The normalized spacial score (nSPS) is 21.5.